The number of rotatable bonds is 7. The third kappa shape index (κ3) is 4.87. The van der Waals surface area contributed by atoms with E-state index in [1.165, 1.54) is 0 Å². The number of pyridine rings is 1. The number of nitrogens with zero attached hydrogens (tertiary/aromatic N) is 4. The van der Waals surface area contributed by atoms with E-state index in [-0.39, 0.29) is 5.91 Å². The second-order valence-electron chi connectivity index (χ2n) is 12.0. The van der Waals surface area contributed by atoms with Gasteiger partial charge in [-0.3, -0.25) is 9.59 Å². The van der Waals surface area contributed by atoms with Gasteiger partial charge in [0.1, 0.15) is 11.2 Å². The van der Waals surface area contributed by atoms with Gasteiger partial charge in [-0.2, -0.15) is 5.10 Å². The van der Waals surface area contributed by atoms with E-state index >= 15 is 0 Å². The Balaban J connectivity index is 1.38. The molecule has 5 aromatic carbocycles. The average Bonchev–Trinajstić information content (AvgIpc) is 3.60. The Hall–Kier alpha value is -5.92. The van der Waals surface area contributed by atoms with Crippen LogP contribution in [0.4, 0.5) is 0 Å². The highest BCUT2D eigenvalue weighted by molar-refractivity contribution is 6.07. The summed E-state index contributed by atoms with van der Waals surface area (Å²) in [5, 5.41) is 6.88. The summed E-state index contributed by atoms with van der Waals surface area (Å²) < 4.78 is 7.58. The molecule has 7 nitrogen and oxygen atoms in total. The number of hydrogen-bond acceptors (Lipinski definition) is 5. The van der Waals surface area contributed by atoms with Crippen molar-refractivity contribution in [3.8, 4) is 11.1 Å². The number of aromatic nitrogens is 3. The zero-order valence-electron chi connectivity index (χ0n) is 26.2. The van der Waals surface area contributed by atoms with E-state index < -0.39 is 5.54 Å². The standard InChI is InChI=1S/C41H32N4O3/c46-28-33-26-35(36-25-29(19-20-38(36)43-33)40(47)44-21-23-48-24-22-44)34-17-10-18-39-37(34)27-42-45(39)41(30-11-4-1-5-12-30,31-13-6-2-7-14-31)32-15-8-3-9-16-32/h1-20,25-28H,21-24H2. The molecule has 1 fully saturated rings. The maximum absolute atomic E-state index is 13.5. The topological polar surface area (TPSA) is 77.3 Å². The van der Waals surface area contributed by atoms with Crippen molar-refractivity contribution in [3.05, 3.63) is 168 Å². The summed E-state index contributed by atoms with van der Waals surface area (Å²) in [6, 6.07) is 44.8. The molecule has 8 rings (SSSR count). The van der Waals surface area contributed by atoms with Gasteiger partial charge in [0.05, 0.1) is 30.4 Å². The van der Waals surface area contributed by atoms with Gasteiger partial charge in [-0.25, -0.2) is 9.67 Å². The minimum absolute atomic E-state index is 0.0463. The van der Waals surface area contributed by atoms with Crippen molar-refractivity contribution in [2.45, 2.75) is 5.54 Å². The normalized spacial score (nSPS) is 13.5. The van der Waals surface area contributed by atoms with Crippen LogP contribution in [0.3, 0.4) is 0 Å². The third-order valence-corrected chi connectivity index (χ3v) is 9.29. The third-order valence-electron chi connectivity index (χ3n) is 9.29. The molecule has 7 aromatic rings. The van der Waals surface area contributed by atoms with Crippen LogP contribution in [0.2, 0.25) is 0 Å². The van der Waals surface area contributed by atoms with Crippen LogP contribution in [-0.4, -0.2) is 58.2 Å². The molecule has 3 heterocycles. The molecule has 0 saturated carbocycles. The molecule has 7 heteroatoms. The average molecular weight is 629 g/mol. The van der Waals surface area contributed by atoms with Crippen molar-refractivity contribution >= 4 is 34.0 Å². The van der Waals surface area contributed by atoms with Gasteiger partial charge in [-0.05, 0) is 58.1 Å². The predicted molar refractivity (Wildman–Crippen MR) is 187 cm³/mol. The molecule has 234 valence electrons. The highest BCUT2D eigenvalue weighted by atomic mass is 16.5. The van der Waals surface area contributed by atoms with E-state index in [9.17, 15) is 9.59 Å². The maximum Gasteiger partial charge on any atom is 0.254 e. The SMILES string of the molecule is O=Cc1cc(-c2cccc3c2cnn3C(c2ccccc2)(c2ccccc2)c2ccccc2)c2cc(C(=O)N3CCOCC3)ccc2n1. The van der Waals surface area contributed by atoms with E-state index in [4.69, 9.17) is 9.84 Å². The number of hydrogen-bond donors (Lipinski definition) is 0. The van der Waals surface area contributed by atoms with E-state index in [2.05, 4.69) is 88.5 Å². The lowest BCUT2D eigenvalue weighted by Crippen LogP contribution is -2.40. The molecular weight excluding hydrogens is 596 g/mol. The van der Waals surface area contributed by atoms with Crippen LogP contribution in [0.25, 0.3) is 32.9 Å². The molecular formula is C41H32N4O3. The quantitative estimate of drug-likeness (QED) is 0.136. The zero-order valence-corrected chi connectivity index (χ0v) is 26.2. The van der Waals surface area contributed by atoms with Crippen LogP contribution in [0.1, 0.15) is 37.5 Å². The van der Waals surface area contributed by atoms with Gasteiger partial charge in [0, 0.05) is 29.4 Å². The van der Waals surface area contributed by atoms with Gasteiger partial charge in [-0.1, -0.05) is 103 Å². The summed E-state index contributed by atoms with van der Waals surface area (Å²) in [4.78, 5) is 32.1. The minimum atomic E-state index is -0.795. The Kier molecular flexibility index (Phi) is 7.59. The Bertz CT molecular complexity index is 2160. The fourth-order valence-corrected chi connectivity index (χ4v) is 7.07. The first-order valence-electron chi connectivity index (χ1n) is 16.1. The highest BCUT2D eigenvalue weighted by Crippen LogP contribution is 2.43. The summed E-state index contributed by atoms with van der Waals surface area (Å²) in [5.74, 6) is -0.0463. The first-order chi connectivity index (χ1) is 23.7. The van der Waals surface area contributed by atoms with Crippen molar-refractivity contribution < 1.29 is 14.3 Å². The molecule has 0 spiro atoms. The number of morpholine rings is 1. The second kappa shape index (κ2) is 12.4. The van der Waals surface area contributed by atoms with Gasteiger partial charge < -0.3 is 9.64 Å². The molecule has 0 bridgehead atoms. The molecule has 2 aromatic heterocycles. The van der Waals surface area contributed by atoms with Crippen LogP contribution in [0, 0.1) is 0 Å². The molecule has 0 aliphatic carbocycles. The number of fused-ring (bicyclic) bond motifs is 2. The van der Waals surface area contributed by atoms with E-state index in [1.54, 1.807) is 6.07 Å². The molecule has 0 atom stereocenters. The molecule has 0 unspecified atom stereocenters. The highest BCUT2D eigenvalue weighted by Gasteiger charge is 2.40. The summed E-state index contributed by atoms with van der Waals surface area (Å²) in [6.45, 7) is 2.15. The molecule has 0 radical (unpaired) electrons. The van der Waals surface area contributed by atoms with Crippen molar-refractivity contribution in [2.75, 3.05) is 26.3 Å². The number of amides is 1. The number of carbonyl (C=O) groups is 2. The Morgan fingerprint density at radius 2 is 1.31 bits per heavy atom. The van der Waals surface area contributed by atoms with Crippen molar-refractivity contribution in [2.24, 2.45) is 0 Å². The maximum atomic E-state index is 13.5. The van der Waals surface area contributed by atoms with Crippen LogP contribution in [0.15, 0.2) is 140 Å². The summed E-state index contributed by atoms with van der Waals surface area (Å²) in [5.41, 5.74) is 6.58. The van der Waals surface area contributed by atoms with Crippen molar-refractivity contribution in [1.29, 1.82) is 0 Å². The van der Waals surface area contributed by atoms with Crippen molar-refractivity contribution in [3.63, 3.8) is 0 Å². The van der Waals surface area contributed by atoms with E-state index in [0.717, 1.165) is 50.4 Å². The fraction of sp³-hybridized carbons (Fsp3) is 0.122. The molecule has 0 N–H and O–H groups in total. The summed E-state index contributed by atoms with van der Waals surface area (Å²) in [7, 11) is 0. The summed E-state index contributed by atoms with van der Waals surface area (Å²) in [6.07, 6.45) is 2.67. The lowest BCUT2D eigenvalue weighted by Gasteiger charge is -2.37. The molecule has 48 heavy (non-hydrogen) atoms. The van der Waals surface area contributed by atoms with Gasteiger partial charge in [-0.15, -0.1) is 0 Å². The number of ether oxygens (including phenoxy) is 1. The van der Waals surface area contributed by atoms with Crippen LogP contribution >= 0.6 is 0 Å². The fourth-order valence-electron chi connectivity index (χ4n) is 7.07. The van der Waals surface area contributed by atoms with Gasteiger partial charge in [0.2, 0.25) is 0 Å². The van der Waals surface area contributed by atoms with E-state index in [1.807, 2.05) is 59.6 Å². The van der Waals surface area contributed by atoms with Crippen LogP contribution in [0.5, 0.6) is 0 Å². The van der Waals surface area contributed by atoms with Gasteiger partial charge in [0.25, 0.3) is 5.91 Å². The Morgan fingerprint density at radius 1 is 0.688 bits per heavy atom. The number of aldehydes is 1. The first kappa shape index (κ1) is 29.5. The molecule has 1 amide bonds. The first-order valence-corrected chi connectivity index (χ1v) is 16.1. The molecule has 1 aliphatic heterocycles. The second-order valence-corrected chi connectivity index (χ2v) is 12.0. The molecule has 1 aliphatic rings. The minimum Gasteiger partial charge on any atom is -0.378 e. The van der Waals surface area contributed by atoms with Crippen LogP contribution < -0.4 is 0 Å². The zero-order chi connectivity index (χ0) is 32.5. The number of benzene rings is 5. The summed E-state index contributed by atoms with van der Waals surface area (Å²) >= 11 is 0. The predicted octanol–water partition coefficient (Wildman–Crippen LogP) is 7.38. The molecule has 1 saturated heterocycles. The van der Waals surface area contributed by atoms with Gasteiger partial charge >= 0.3 is 0 Å². The smallest absolute Gasteiger partial charge is 0.254 e. The largest absolute Gasteiger partial charge is 0.378 e. The lowest BCUT2D eigenvalue weighted by atomic mass is 9.77. The van der Waals surface area contributed by atoms with E-state index in [0.29, 0.717) is 43.1 Å². The number of carbonyl (C=O) groups excluding carboxylic acids is 2. The van der Waals surface area contributed by atoms with Crippen LogP contribution in [-0.2, 0) is 10.3 Å². The lowest BCUT2D eigenvalue weighted by molar-refractivity contribution is 0.0303. The Morgan fingerprint density at radius 3 is 1.92 bits per heavy atom. The Labute approximate surface area is 278 Å². The van der Waals surface area contributed by atoms with Crippen molar-refractivity contribution in [1.82, 2.24) is 19.7 Å². The van der Waals surface area contributed by atoms with Gasteiger partial charge in [0.15, 0.2) is 6.29 Å². The monoisotopic (exact) mass is 628 g/mol.